The van der Waals surface area contributed by atoms with Crippen molar-refractivity contribution in [1.82, 2.24) is 5.73 Å². The minimum Gasteiger partial charge on any atom is -0.466 e. The van der Waals surface area contributed by atoms with Gasteiger partial charge in [-0.25, -0.2) is 0 Å². The second-order valence-electron chi connectivity index (χ2n) is 4.39. The molecule has 0 saturated heterocycles. The largest absolute Gasteiger partial charge is 0.466 e. The lowest BCUT2D eigenvalue weighted by Gasteiger charge is -2.33. The van der Waals surface area contributed by atoms with Crippen LogP contribution in [0.15, 0.2) is 0 Å². The summed E-state index contributed by atoms with van der Waals surface area (Å²) in [5.74, 6) is 0.927. The van der Waals surface area contributed by atoms with E-state index < -0.39 is 0 Å². The van der Waals surface area contributed by atoms with Crippen molar-refractivity contribution in [1.29, 1.82) is 0 Å². The van der Waals surface area contributed by atoms with Crippen LogP contribution < -0.4 is 5.73 Å². The zero-order valence-electron chi connectivity index (χ0n) is 9.63. The lowest BCUT2D eigenvalue weighted by Crippen LogP contribution is -2.31. The molecule has 1 saturated carbocycles. The van der Waals surface area contributed by atoms with Gasteiger partial charge in [-0.1, -0.05) is 19.3 Å². The number of hydrogen-bond donors (Lipinski definition) is 0. The Morgan fingerprint density at radius 1 is 1.33 bits per heavy atom. The topological polar surface area (TPSA) is 50.1 Å². The number of nitrogens with one attached hydrogen (secondary N) is 1. The molecule has 1 aliphatic rings. The Morgan fingerprint density at radius 3 is 2.67 bits per heavy atom. The average molecular weight is 212 g/mol. The van der Waals surface area contributed by atoms with Crippen molar-refractivity contribution in [2.24, 2.45) is 11.8 Å². The summed E-state index contributed by atoms with van der Waals surface area (Å²) >= 11 is 0. The summed E-state index contributed by atoms with van der Waals surface area (Å²) in [7, 11) is 0. The minimum atomic E-state index is -0.0000850. The summed E-state index contributed by atoms with van der Waals surface area (Å²) in [6, 6.07) is 0. The Morgan fingerprint density at radius 2 is 2.07 bits per heavy atom. The fourth-order valence-electron chi connectivity index (χ4n) is 2.16. The van der Waals surface area contributed by atoms with Gasteiger partial charge in [-0.05, 0) is 32.1 Å². The lowest BCUT2D eigenvalue weighted by atomic mass is 9.72. The molecule has 0 aromatic heterocycles. The zero-order chi connectivity index (χ0) is 11.1. The molecule has 0 amide bonds. The Labute approximate surface area is 92.4 Å². The first-order valence-corrected chi connectivity index (χ1v) is 6.09. The van der Waals surface area contributed by atoms with Gasteiger partial charge in [0.1, 0.15) is 0 Å². The monoisotopic (exact) mass is 212 g/mol. The highest BCUT2D eigenvalue weighted by atomic mass is 16.5. The molecular weight excluding hydrogens is 190 g/mol. The second kappa shape index (κ2) is 6.83. The van der Waals surface area contributed by atoms with Crippen LogP contribution in [0.4, 0.5) is 0 Å². The van der Waals surface area contributed by atoms with Crippen LogP contribution >= 0.6 is 0 Å². The van der Waals surface area contributed by atoms with E-state index in [4.69, 9.17) is 10.5 Å². The molecule has 15 heavy (non-hydrogen) atoms. The number of ether oxygens (including phenoxy) is 1. The average Bonchev–Trinajstić information content (AvgIpc) is 2.15. The van der Waals surface area contributed by atoms with E-state index >= 15 is 0 Å². The number of esters is 1. The summed E-state index contributed by atoms with van der Waals surface area (Å²) in [6.07, 6.45) is 6.70. The molecule has 1 rings (SSSR count). The van der Waals surface area contributed by atoms with Gasteiger partial charge in [0.05, 0.1) is 12.5 Å². The Bertz CT molecular complexity index is 188. The van der Waals surface area contributed by atoms with Gasteiger partial charge < -0.3 is 4.74 Å². The highest BCUT2D eigenvalue weighted by Gasteiger charge is 2.34. The molecule has 87 valence electrons. The van der Waals surface area contributed by atoms with E-state index in [0.717, 1.165) is 25.2 Å². The SMILES string of the molecule is CCOC(=O)C1CC(CCCCC[NH])C1. The third-order valence-electron chi connectivity index (χ3n) is 3.14. The van der Waals surface area contributed by atoms with Gasteiger partial charge in [-0.3, -0.25) is 10.5 Å². The molecule has 0 atom stereocenters. The maximum atomic E-state index is 11.3. The minimum absolute atomic E-state index is 0.0000850. The second-order valence-corrected chi connectivity index (χ2v) is 4.39. The molecule has 1 aliphatic carbocycles. The molecule has 0 aromatic carbocycles. The van der Waals surface area contributed by atoms with Gasteiger partial charge in [0, 0.05) is 6.54 Å². The van der Waals surface area contributed by atoms with Crippen LogP contribution in [-0.4, -0.2) is 19.1 Å². The van der Waals surface area contributed by atoms with Crippen molar-refractivity contribution in [3.63, 3.8) is 0 Å². The quantitative estimate of drug-likeness (QED) is 0.480. The molecule has 1 fully saturated rings. The van der Waals surface area contributed by atoms with Crippen molar-refractivity contribution in [3.05, 3.63) is 0 Å². The van der Waals surface area contributed by atoms with Gasteiger partial charge in [0.25, 0.3) is 0 Å². The molecule has 3 heteroatoms. The summed E-state index contributed by atoms with van der Waals surface area (Å²) in [5, 5.41) is 0. The number of hydrogen-bond acceptors (Lipinski definition) is 2. The van der Waals surface area contributed by atoms with Crippen molar-refractivity contribution >= 4 is 5.97 Å². The van der Waals surface area contributed by atoms with Crippen molar-refractivity contribution in [2.75, 3.05) is 13.2 Å². The van der Waals surface area contributed by atoms with Gasteiger partial charge in [-0.15, -0.1) is 0 Å². The van der Waals surface area contributed by atoms with Crippen LogP contribution in [0.25, 0.3) is 0 Å². The standard InChI is InChI=1S/C12H22NO2/c1-2-15-12(14)11-8-10(9-11)6-4-3-5-7-13/h10-11,13H,2-9H2,1H3. The molecule has 0 spiro atoms. The van der Waals surface area contributed by atoms with Crippen LogP contribution in [-0.2, 0) is 9.53 Å². The first-order valence-electron chi connectivity index (χ1n) is 6.09. The summed E-state index contributed by atoms with van der Waals surface area (Å²) < 4.78 is 4.97. The molecule has 0 bridgehead atoms. The van der Waals surface area contributed by atoms with Gasteiger partial charge in [-0.2, -0.15) is 0 Å². The fourth-order valence-corrected chi connectivity index (χ4v) is 2.16. The van der Waals surface area contributed by atoms with E-state index in [0.29, 0.717) is 13.2 Å². The number of unbranched alkanes of at least 4 members (excludes halogenated alkanes) is 2. The van der Waals surface area contributed by atoms with Gasteiger partial charge >= 0.3 is 5.97 Å². The summed E-state index contributed by atoms with van der Waals surface area (Å²) in [6.45, 7) is 2.91. The number of carbonyl (C=O) groups is 1. The van der Waals surface area contributed by atoms with Crippen molar-refractivity contribution in [2.45, 2.75) is 45.4 Å². The van der Waals surface area contributed by atoms with Crippen molar-refractivity contribution in [3.8, 4) is 0 Å². The smallest absolute Gasteiger partial charge is 0.308 e. The van der Waals surface area contributed by atoms with E-state index in [9.17, 15) is 4.79 Å². The first kappa shape index (κ1) is 12.5. The Hall–Kier alpha value is -0.570. The normalized spacial score (nSPS) is 24.7. The Kier molecular flexibility index (Phi) is 5.69. The van der Waals surface area contributed by atoms with Crippen LogP contribution in [0.1, 0.15) is 45.4 Å². The fraction of sp³-hybridized carbons (Fsp3) is 0.917. The molecule has 3 nitrogen and oxygen atoms in total. The highest BCUT2D eigenvalue weighted by molar-refractivity contribution is 5.73. The molecule has 0 aliphatic heterocycles. The first-order chi connectivity index (χ1) is 7.27. The van der Waals surface area contributed by atoms with E-state index in [1.165, 1.54) is 19.3 Å². The van der Waals surface area contributed by atoms with Crippen LogP contribution in [0.2, 0.25) is 0 Å². The third-order valence-corrected chi connectivity index (χ3v) is 3.14. The van der Waals surface area contributed by atoms with Gasteiger partial charge in [0.2, 0.25) is 0 Å². The molecule has 1 radical (unpaired) electrons. The van der Waals surface area contributed by atoms with Crippen LogP contribution in [0, 0.1) is 11.8 Å². The van der Waals surface area contributed by atoms with Crippen LogP contribution in [0.3, 0.4) is 0 Å². The molecule has 1 N–H and O–H groups in total. The number of carbonyl (C=O) groups excluding carboxylic acids is 1. The van der Waals surface area contributed by atoms with Gasteiger partial charge in [0.15, 0.2) is 0 Å². The Balaban J connectivity index is 1.97. The predicted octanol–water partition coefficient (Wildman–Crippen LogP) is 2.42. The molecule has 0 aromatic rings. The molecular formula is C12H22NO2. The zero-order valence-corrected chi connectivity index (χ0v) is 9.63. The molecule has 0 unspecified atom stereocenters. The third kappa shape index (κ3) is 4.20. The van der Waals surface area contributed by atoms with Crippen molar-refractivity contribution < 1.29 is 9.53 Å². The van der Waals surface area contributed by atoms with E-state index in [1.807, 2.05) is 6.92 Å². The lowest BCUT2D eigenvalue weighted by molar-refractivity contribution is -0.152. The number of rotatable bonds is 7. The maximum absolute atomic E-state index is 11.3. The predicted molar refractivity (Wildman–Crippen MR) is 59.3 cm³/mol. The summed E-state index contributed by atoms with van der Waals surface area (Å²) in [4.78, 5) is 11.3. The van der Waals surface area contributed by atoms with Crippen LogP contribution in [0.5, 0.6) is 0 Å². The maximum Gasteiger partial charge on any atom is 0.308 e. The van der Waals surface area contributed by atoms with E-state index in [-0.39, 0.29) is 11.9 Å². The summed E-state index contributed by atoms with van der Waals surface area (Å²) in [5.41, 5.74) is 7.02. The van der Waals surface area contributed by atoms with E-state index in [2.05, 4.69) is 0 Å². The van der Waals surface area contributed by atoms with E-state index in [1.54, 1.807) is 0 Å². The highest BCUT2D eigenvalue weighted by Crippen LogP contribution is 2.37. The molecule has 0 heterocycles.